The van der Waals surface area contributed by atoms with Gasteiger partial charge in [0.25, 0.3) is 0 Å². The van der Waals surface area contributed by atoms with Crippen molar-refractivity contribution in [2.45, 2.75) is 13.2 Å². The van der Waals surface area contributed by atoms with Crippen LogP contribution in [0.4, 0.5) is 0 Å². The Balaban J connectivity index is 1.86. The lowest BCUT2D eigenvalue weighted by Crippen LogP contribution is -2.02. The fraction of sp³-hybridized carbons (Fsp3) is 0.133. The van der Waals surface area contributed by atoms with Gasteiger partial charge >= 0.3 is 0 Å². The highest BCUT2D eigenvalue weighted by Gasteiger charge is 2.07. The molecule has 4 heteroatoms. The Morgan fingerprint density at radius 3 is 2.95 bits per heavy atom. The summed E-state index contributed by atoms with van der Waals surface area (Å²) in [5, 5.41) is 1.06. The van der Waals surface area contributed by atoms with Crippen molar-refractivity contribution in [3.05, 3.63) is 60.2 Å². The predicted molar refractivity (Wildman–Crippen MR) is 72.7 cm³/mol. The van der Waals surface area contributed by atoms with Crippen molar-refractivity contribution in [2.75, 3.05) is 0 Å². The van der Waals surface area contributed by atoms with Crippen LogP contribution in [0.5, 0.6) is 5.75 Å². The molecule has 0 spiro atoms. The van der Waals surface area contributed by atoms with Gasteiger partial charge in [-0.25, -0.2) is 0 Å². The van der Waals surface area contributed by atoms with E-state index in [4.69, 9.17) is 14.9 Å². The van der Waals surface area contributed by atoms with Crippen molar-refractivity contribution in [1.29, 1.82) is 0 Å². The highest BCUT2D eigenvalue weighted by Crippen LogP contribution is 2.24. The van der Waals surface area contributed by atoms with E-state index in [-0.39, 0.29) is 0 Å². The maximum Gasteiger partial charge on any atom is 0.146 e. The first-order valence-corrected chi connectivity index (χ1v) is 6.10. The molecule has 2 N–H and O–H groups in total. The van der Waals surface area contributed by atoms with Crippen LogP contribution >= 0.6 is 0 Å². The second kappa shape index (κ2) is 5.12. The Morgan fingerprint density at radius 2 is 2.05 bits per heavy atom. The van der Waals surface area contributed by atoms with E-state index in [0.29, 0.717) is 13.2 Å². The molecule has 0 aliphatic heterocycles. The smallest absolute Gasteiger partial charge is 0.146 e. The fourth-order valence-corrected chi connectivity index (χ4v) is 2.02. The highest BCUT2D eigenvalue weighted by molar-refractivity contribution is 5.84. The molecule has 2 aromatic heterocycles. The van der Waals surface area contributed by atoms with E-state index in [0.717, 1.165) is 28.0 Å². The lowest BCUT2D eigenvalue weighted by atomic mass is 10.2. The number of fused-ring (bicyclic) bond motifs is 1. The maximum atomic E-state index is 5.83. The van der Waals surface area contributed by atoms with Gasteiger partial charge in [0.15, 0.2) is 0 Å². The fourth-order valence-electron chi connectivity index (χ4n) is 2.02. The zero-order valence-electron chi connectivity index (χ0n) is 10.4. The molecule has 0 aliphatic rings. The zero-order valence-corrected chi connectivity index (χ0v) is 10.4. The summed E-state index contributed by atoms with van der Waals surface area (Å²) < 4.78 is 11.1. The molecule has 4 nitrogen and oxygen atoms in total. The lowest BCUT2D eigenvalue weighted by Gasteiger charge is -2.08. The molecule has 0 saturated heterocycles. The monoisotopic (exact) mass is 254 g/mol. The number of aromatic nitrogens is 1. The van der Waals surface area contributed by atoms with Crippen molar-refractivity contribution >= 4 is 10.9 Å². The largest absolute Gasteiger partial charge is 0.486 e. The maximum absolute atomic E-state index is 5.83. The first-order chi connectivity index (χ1) is 9.38. The van der Waals surface area contributed by atoms with Crippen LogP contribution in [-0.4, -0.2) is 4.98 Å². The molecule has 0 amide bonds. The molecule has 2 heterocycles. The van der Waals surface area contributed by atoms with Gasteiger partial charge in [0, 0.05) is 17.1 Å². The minimum atomic E-state index is 0.374. The van der Waals surface area contributed by atoms with Crippen LogP contribution in [0.2, 0.25) is 0 Å². The molecule has 3 rings (SSSR count). The predicted octanol–water partition coefficient (Wildman–Crippen LogP) is 2.87. The van der Waals surface area contributed by atoms with Crippen LogP contribution in [0, 0.1) is 0 Å². The van der Waals surface area contributed by atoms with Gasteiger partial charge in [0.1, 0.15) is 23.6 Å². The van der Waals surface area contributed by atoms with E-state index in [1.165, 1.54) is 0 Å². The summed E-state index contributed by atoms with van der Waals surface area (Å²) in [7, 11) is 0. The molecule has 96 valence electrons. The average molecular weight is 254 g/mol. The summed E-state index contributed by atoms with van der Waals surface area (Å²) in [6.07, 6.45) is 3.39. The van der Waals surface area contributed by atoms with Gasteiger partial charge < -0.3 is 14.9 Å². The van der Waals surface area contributed by atoms with E-state index in [9.17, 15) is 0 Å². The quantitative estimate of drug-likeness (QED) is 0.777. The number of benzene rings is 1. The van der Waals surface area contributed by atoms with Crippen LogP contribution in [0.1, 0.15) is 11.3 Å². The molecular weight excluding hydrogens is 240 g/mol. The number of nitrogens with zero attached hydrogens (tertiary/aromatic N) is 1. The number of hydrogen-bond acceptors (Lipinski definition) is 4. The zero-order chi connectivity index (χ0) is 13.1. The minimum absolute atomic E-state index is 0.374. The molecule has 0 aliphatic carbocycles. The molecule has 0 saturated carbocycles. The first-order valence-electron chi connectivity index (χ1n) is 6.10. The summed E-state index contributed by atoms with van der Waals surface area (Å²) in [5.41, 5.74) is 7.42. The van der Waals surface area contributed by atoms with Gasteiger partial charge in [-0.15, -0.1) is 0 Å². The van der Waals surface area contributed by atoms with E-state index in [1.54, 1.807) is 12.5 Å². The first kappa shape index (κ1) is 11.7. The summed E-state index contributed by atoms with van der Waals surface area (Å²) in [6.45, 7) is 0.804. The highest BCUT2D eigenvalue weighted by atomic mass is 16.5. The third kappa shape index (κ3) is 2.30. The standard InChI is InChI=1S/C15H14N2O2/c16-9-14-12(6-8-18-14)10-19-13-5-1-3-11-4-2-7-17-15(11)13/h1-8H,9-10,16H2. The second-order valence-corrected chi connectivity index (χ2v) is 4.19. The van der Waals surface area contributed by atoms with Crippen molar-refractivity contribution in [2.24, 2.45) is 5.73 Å². The van der Waals surface area contributed by atoms with Crippen LogP contribution in [0.3, 0.4) is 0 Å². The van der Waals surface area contributed by atoms with Crippen molar-refractivity contribution in [3.8, 4) is 5.75 Å². The Kier molecular flexibility index (Phi) is 3.16. The topological polar surface area (TPSA) is 61.3 Å². The minimum Gasteiger partial charge on any atom is -0.486 e. The number of hydrogen-bond donors (Lipinski definition) is 1. The summed E-state index contributed by atoms with van der Waals surface area (Å²) in [6, 6.07) is 11.7. The molecule has 0 fully saturated rings. The molecule has 0 atom stereocenters. The Labute approximate surface area is 110 Å². The molecular formula is C15H14N2O2. The van der Waals surface area contributed by atoms with E-state index < -0.39 is 0 Å². The van der Waals surface area contributed by atoms with E-state index in [1.807, 2.05) is 36.4 Å². The summed E-state index contributed by atoms with van der Waals surface area (Å²) in [5.74, 6) is 1.52. The molecule has 3 aromatic rings. The van der Waals surface area contributed by atoms with Crippen LogP contribution in [0.25, 0.3) is 10.9 Å². The van der Waals surface area contributed by atoms with Crippen molar-refractivity contribution < 1.29 is 9.15 Å². The van der Waals surface area contributed by atoms with Crippen LogP contribution in [0.15, 0.2) is 53.3 Å². The van der Waals surface area contributed by atoms with E-state index >= 15 is 0 Å². The van der Waals surface area contributed by atoms with Gasteiger partial charge in [-0.1, -0.05) is 18.2 Å². The Bertz CT molecular complexity index is 686. The number of ether oxygens (including phenoxy) is 1. The van der Waals surface area contributed by atoms with E-state index in [2.05, 4.69) is 4.98 Å². The molecule has 19 heavy (non-hydrogen) atoms. The molecule has 0 radical (unpaired) electrons. The molecule has 0 bridgehead atoms. The van der Waals surface area contributed by atoms with Gasteiger partial charge in [-0.05, 0) is 18.2 Å². The van der Waals surface area contributed by atoms with Crippen LogP contribution in [-0.2, 0) is 13.2 Å². The number of pyridine rings is 1. The van der Waals surface area contributed by atoms with Gasteiger partial charge in [-0.3, -0.25) is 4.98 Å². The average Bonchev–Trinajstić information content (AvgIpc) is 2.92. The Hall–Kier alpha value is -2.33. The third-order valence-electron chi connectivity index (χ3n) is 3.00. The number of nitrogens with two attached hydrogens (primary N) is 1. The van der Waals surface area contributed by atoms with Crippen LogP contribution < -0.4 is 10.5 Å². The normalized spacial score (nSPS) is 10.8. The second-order valence-electron chi connectivity index (χ2n) is 4.19. The molecule has 0 unspecified atom stereocenters. The molecule has 1 aromatic carbocycles. The number of furan rings is 1. The summed E-state index contributed by atoms with van der Waals surface area (Å²) >= 11 is 0. The van der Waals surface area contributed by atoms with Crippen molar-refractivity contribution in [3.63, 3.8) is 0 Å². The number of rotatable bonds is 4. The Morgan fingerprint density at radius 1 is 1.16 bits per heavy atom. The van der Waals surface area contributed by atoms with Gasteiger partial charge in [-0.2, -0.15) is 0 Å². The SMILES string of the molecule is NCc1occc1COc1cccc2cccnc12. The lowest BCUT2D eigenvalue weighted by molar-refractivity contribution is 0.305. The number of para-hydroxylation sites is 1. The van der Waals surface area contributed by atoms with Gasteiger partial charge in [0.2, 0.25) is 0 Å². The summed E-state index contributed by atoms with van der Waals surface area (Å²) in [4.78, 5) is 4.35. The third-order valence-corrected chi connectivity index (χ3v) is 3.00. The van der Waals surface area contributed by atoms with Crippen molar-refractivity contribution in [1.82, 2.24) is 4.98 Å². The van der Waals surface area contributed by atoms with Gasteiger partial charge in [0.05, 0.1) is 12.8 Å².